The smallest absolute Gasteiger partial charge is 0.0488 e. The average molecular weight is 269 g/mol. The minimum Gasteiger partial charge on any atom is -0.384 e. The van der Waals surface area contributed by atoms with Crippen LogP contribution in [-0.2, 0) is 11.2 Å². The lowest BCUT2D eigenvalue weighted by Crippen LogP contribution is -2.32. The quantitative estimate of drug-likeness (QED) is 0.699. The summed E-state index contributed by atoms with van der Waals surface area (Å²) in [4.78, 5) is 0. The van der Waals surface area contributed by atoms with Crippen molar-refractivity contribution in [1.29, 1.82) is 0 Å². The zero-order valence-corrected chi connectivity index (χ0v) is 12.8. The normalized spacial score (nSPS) is 14.6. The summed E-state index contributed by atoms with van der Waals surface area (Å²) in [6.07, 6.45) is 4.82. The van der Waals surface area contributed by atoms with Gasteiger partial charge in [-0.1, -0.05) is 13.8 Å². The van der Waals surface area contributed by atoms with Crippen molar-refractivity contribution in [2.75, 3.05) is 20.3 Å². The van der Waals surface area contributed by atoms with Crippen LogP contribution in [0, 0.1) is 5.92 Å². The van der Waals surface area contributed by atoms with E-state index in [0.29, 0.717) is 12.0 Å². The van der Waals surface area contributed by atoms with Gasteiger partial charge in [0.15, 0.2) is 0 Å². The van der Waals surface area contributed by atoms with E-state index in [-0.39, 0.29) is 0 Å². The molecule has 0 radical (unpaired) electrons. The van der Waals surface area contributed by atoms with Crippen molar-refractivity contribution in [2.45, 2.75) is 45.6 Å². The van der Waals surface area contributed by atoms with E-state index in [9.17, 15) is 0 Å². The Kier molecular flexibility index (Phi) is 8.31. The molecule has 0 saturated carbocycles. The molecule has 0 aliphatic carbocycles. The van der Waals surface area contributed by atoms with Crippen LogP contribution in [0.15, 0.2) is 16.8 Å². The molecule has 1 aromatic heterocycles. The van der Waals surface area contributed by atoms with E-state index in [1.54, 1.807) is 18.4 Å². The van der Waals surface area contributed by atoms with Crippen LogP contribution in [0.1, 0.15) is 38.7 Å². The number of hydrogen-bond acceptors (Lipinski definition) is 3. The highest BCUT2D eigenvalue weighted by Crippen LogP contribution is 2.14. The van der Waals surface area contributed by atoms with Crippen molar-refractivity contribution in [1.82, 2.24) is 5.32 Å². The molecule has 18 heavy (non-hydrogen) atoms. The average Bonchev–Trinajstić information content (AvgIpc) is 2.86. The molecule has 0 saturated heterocycles. The van der Waals surface area contributed by atoms with Crippen LogP contribution < -0.4 is 5.32 Å². The Hall–Kier alpha value is -0.380. The lowest BCUT2D eigenvalue weighted by molar-refractivity contribution is 0.148. The van der Waals surface area contributed by atoms with Crippen molar-refractivity contribution in [2.24, 2.45) is 5.92 Å². The summed E-state index contributed by atoms with van der Waals surface area (Å²) in [6.45, 7) is 6.48. The van der Waals surface area contributed by atoms with E-state index in [4.69, 9.17) is 4.74 Å². The van der Waals surface area contributed by atoms with Crippen LogP contribution in [-0.4, -0.2) is 26.3 Å². The molecule has 0 aromatic carbocycles. The van der Waals surface area contributed by atoms with Crippen LogP contribution in [0.2, 0.25) is 0 Å². The van der Waals surface area contributed by atoms with Gasteiger partial charge >= 0.3 is 0 Å². The summed E-state index contributed by atoms with van der Waals surface area (Å²) in [5.74, 6) is 0.631. The van der Waals surface area contributed by atoms with E-state index in [2.05, 4.69) is 36.0 Å². The summed E-state index contributed by atoms with van der Waals surface area (Å²) in [5.41, 5.74) is 1.47. The molecule has 0 bridgehead atoms. The number of thiophene rings is 1. The van der Waals surface area contributed by atoms with Crippen molar-refractivity contribution < 1.29 is 4.74 Å². The lowest BCUT2D eigenvalue weighted by atomic mass is 9.97. The van der Waals surface area contributed by atoms with Gasteiger partial charge < -0.3 is 10.1 Å². The first-order valence-corrected chi connectivity index (χ1v) is 7.94. The van der Waals surface area contributed by atoms with Crippen LogP contribution in [0.3, 0.4) is 0 Å². The molecular weight excluding hydrogens is 242 g/mol. The summed E-state index contributed by atoms with van der Waals surface area (Å²) in [7, 11) is 1.79. The predicted molar refractivity (Wildman–Crippen MR) is 80.4 cm³/mol. The maximum atomic E-state index is 5.23. The first-order chi connectivity index (χ1) is 8.76. The third-order valence-electron chi connectivity index (χ3n) is 3.18. The predicted octanol–water partition coefficient (Wildman–Crippen LogP) is 3.72. The highest BCUT2D eigenvalue weighted by Gasteiger charge is 2.12. The molecule has 2 unspecified atom stereocenters. The van der Waals surface area contributed by atoms with E-state index >= 15 is 0 Å². The molecule has 0 fully saturated rings. The molecular formula is C15H27NOS. The topological polar surface area (TPSA) is 21.3 Å². The standard InChI is InChI=1S/C15H27NOS/c1-4-8-16-15(10-13(2)11-17-3)6-5-14-7-9-18-12-14/h7,9,12-13,15-16H,4-6,8,10-11H2,1-3H3. The van der Waals surface area contributed by atoms with Gasteiger partial charge in [0.25, 0.3) is 0 Å². The molecule has 0 aliphatic rings. The van der Waals surface area contributed by atoms with Crippen LogP contribution >= 0.6 is 11.3 Å². The summed E-state index contributed by atoms with van der Waals surface area (Å²) in [6, 6.07) is 2.86. The molecule has 1 heterocycles. The fourth-order valence-corrected chi connectivity index (χ4v) is 2.97. The van der Waals surface area contributed by atoms with E-state index in [1.165, 1.54) is 31.2 Å². The van der Waals surface area contributed by atoms with Crippen LogP contribution in [0.4, 0.5) is 0 Å². The SMILES string of the molecule is CCCNC(CCc1ccsc1)CC(C)COC. The second-order valence-corrected chi connectivity index (χ2v) is 5.90. The number of hydrogen-bond donors (Lipinski definition) is 1. The van der Waals surface area contributed by atoms with Crippen molar-refractivity contribution >= 4 is 11.3 Å². The Morgan fingerprint density at radius 2 is 2.28 bits per heavy atom. The Morgan fingerprint density at radius 1 is 1.44 bits per heavy atom. The van der Waals surface area contributed by atoms with Crippen LogP contribution in [0.25, 0.3) is 0 Å². The summed E-state index contributed by atoms with van der Waals surface area (Å²) < 4.78 is 5.23. The lowest BCUT2D eigenvalue weighted by Gasteiger charge is -2.22. The minimum atomic E-state index is 0.620. The second-order valence-electron chi connectivity index (χ2n) is 5.12. The Bertz CT molecular complexity index is 287. The van der Waals surface area contributed by atoms with E-state index < -0.39 is 0 Å². The zero-order chi connectivity index (χ0) is 13.2. The molecule has 104 valence electrons. The molecule has 2 atom stereocenters. The van der Waals surface area contributed by atoms with Crippen molar-refractivity contribution in [3.05, 3.63) is 22.4 Å². The van der Waals surface area contributed by atoms with E-state index in [1.807, 2.05) is 0 Å². The van der Waals surface area contributed by atoms with Gasteiger partial charge in [-0.3, -0.25) is 0 Å². The van der Waals surface area contributed by atoms with Gasteiger partial charge in [-0.05, 0) is 60.5 Å². The third kappa shape index (κ3) is 6.53. The van der Waals surface area contributed by atoms with Gasteiger partial charge in [0.2, 0.25) is 0 Å². The molecule has 0 spiro atoms. The fraction of sp³-hybridized carbons (Fsp3) is 0.733. The Labute approximate surface area is 116 Å². The van der Waals surface area contributed by atoms with Gasteiger partial charge in [-0.2, -0.15) is 11.3 Å². The van der Waals surface area contributed by atoms with Gasteiger partial charge in [0.05, 0.1) is 0 Å². The molecule has 3 heteroatoms. The summed E-state index contributed by atoms with van der Waals surface area (Å²) >= 11 is 1.79. The zero-order valence-electron chi connectivity index (χ0n) is 11.9. The maximum Gasteiger partial charge on any atom is 0.0488 e. The maximum absolute atomic E-state index is 5.23. The number of methoxy groups -OCH3 is 1. The molecule has 0 amide bonds. The van der Waals surface area contributed by atoms with Gasteiger partial charge in [-0.15, -0.1) is 0 Å². The van der Waals surface area contributed by atoms with Crippen LogP contribution in [0.5, 0.6) is 0 Å². The highest BCUT2D eigenvalue weighted by molar-refractivity contribution is 7.07. The van der Waals surface area contributed by atoms with Gasteiger partial charge in [0.1, 0.15) is 0 Å². The first-order valence-electron chi connectivity index (χ1n) is 6.99. The molecule has 2 nitrogen and oxygen atoms in total. The third-order valence-corrected chi connectivity index (χ3v) is 3.91. The minimum absolute atomic E-state index is 0.620. The second kappa shape index (κ2) is 9.54. The largest absolute Gasteiger partial charge is 0.384 e. The number of rotatable bonds is 10. The number of nitrogens with one attached hydrogen (secondary N) is 1. The van der Waals surface area contributed by atoms with Gasteiger partial charge in [-0.25, -0.2) is 0 Å². The van der Waals surface area contributed by atoms with E-state index in [0.717, 1.165) is 13.2 Å². The number of ether oxygens (including phenoxy) is 1. The Balaban J connectivity index is 2.34. The first kappa shape index (κ1) is 15.7. The monoisotopic (exact) mass is 269 g/mol. The van der Waals surface area contributed by atoms with Crippen molar-refractivity contribution in [3.8, 4) is 0 Å². The van der Waals surface area contributed by atoms with Crippen molar-refractivity contribution in [3.63, 3.8) is 0 Å². The number of aryl methyl sites for hydroxylation is 1. The molecule has 1 aromatic rings. The Morgan fingerprint density at radius 3 is 2.89 bits per heavy atom. The molecule has 0 aliphatic heterocycles. The van der Waals surface area contributed by atoms with Gasteiger partial charge in [0, 0.05) is 19.8 Å². The highest BCUT2D eigenvalue weighted by atomic mass is 32.1. The molecule has 1 N–H and O–H groups in total. The fourth-order valence-electron chi connectivity index (χ4n) is 2.27. The summed E-state index contributed by atoms with van der Waals surface area (Å²) in [5, 5.41) is 8.09. The molecule has 1 rings (SSSR count).